The van der Waals surface area contributed by atoms with E-state index in [4.69, 9.17) is 0 Å². The maximum absolute atomic E-state index is 12.0. The smallest absolute Gasteiger partial charge is 0.289 e. The largest absolute Gasteiger partial charge is 0.507 e. The molecule has 0 aliphatic carbocycles. The van der Waals surface area contributed by atoms with Crippen LogP contribution >= 0.6 is 0 Å². The number of rotatable bonds is 3. The Bertz CT molecular complexity index is 859. The van der Waals surface area contributed by atoms with Crippen LogP contribution in [0.3, 0.4) is 0 Å². The first kappa shape index (κ1) is 13.8. The van der Waals surface area contributed by atoms with Gasteiger partial charge in [0.15, 0.2) is 0 Å². The predicted octanol–water partition coefficient (Wildman–Crippen LogP) is 2.70. The van der Waals surface area contributed by atoms with Gasteiger partial charge in [-0.2, -0.15) is 5.10 Å². The summed E-state index contributed by atoms with van der Waals surface area (Å²) in [7, 11) is 0. The molecule has 0 aliphatic heterocycles. The van der Waals surface area contributed by atoms with Crippen LogP contribution < -0.4 is 5.43 Å². The van der Waals surface area contributed by atoms with Crippen molar-refractivity contribution in [1.29, 1.82) is 0 Å². The highest BCUT2D eigenvalue weighted by molar-refractivity contribution is 5.95. The normalized spacial score (nSPS) is 10.9. The topological polar surface area (TPSA) is 74.6 Å². The number of fused-ring (bicyclic) bond motifs is 1. The quantitative estimate of drug-likeness (QED) is 0.575. The van der Waals surface area contributed by atoms with E-state index in [0.29, 0.717) is 5.56 Å². The first-order chi connectivity index (χ1) is 10.7. The highest BCUT2D eigenvalue weighted by atomic mass is 16.3. The molecule has 108 valence electrons. The number of hydrogen-bond donors (Lipinski definition) is 2. The summed E-state index contributed by atoms with van der Waals surface area (Å²) in [5.74, 6) is -0.304. The molecule has 3 rings (SSSR count). The van der Waals surface area contributed by atoms with E-state index in [1.165, 1.54) is 6.21 Å². The minimum Gasteiger partial charge on any atom is -0.507 e. The lowest BCUT2D eigenvalue weighted by Gasteiger charge is -2.02. The van der Waals surface area contributed by atoms with Gasteiger partial charge in [0.05, 0.1) is 11.7 Å². The highest BCUT2D eigenvalue weighted by Gasteiger charge is 2.06. The van der Waals surface area contributed by atoms with Crippen molar-refractivity contribution in [2.75, 3.05) is 0 Å². The molecule has 3 aromatic rings. The molecule has 0 fully saturated rings. The van der Waals surface area contributed by atoms with Gasteiger partial charge in [0.2, 0.25) is 0 Å². The molecule has 1 aromatic heterocycles. The number of phenolic OH excluding ortho intramolecular Hbond substituents is 1. The van der Waals surface area contributed by atoms with Crippen molar-refractivity contribution in [1.82, 2.24) is 10.4 Å². The van der Waals surface area contributed by atoms with Gasteiger partial charge in [0.1, 0.15) is 11.4 Å². The second-order valence-electron chi connectivity index (χ2n) is 4.65. The lowest BCUT2D eigenvalue weighted by molar-refractivity contribution is 0.0950. The third-order valence-corrected chi connectivity index (χ3v) is 3.14. The number of hydrogen-bond acceptors (Lipinski definition) is 4. The number of nitrogens with zero attached hydrogens (tertiary/aromatic N) is 2. The van der Waals surface area contributed by atoms with Crippen molar-refractivity contribution >= 4 is 23.0 Å². The highest BCUT2D eigenvalue weighted by Crippen LogP contribution is 2.13. The van der Waals surface area contributed by atoms with Crippen molar-refractivity contribution in [2.24, 2.45) is 5.10 Å². The number of pyridine rings is 1. The van der Waals surface area contributed by atoms with Crippen LogP contribution in [0.4, 0.5) is 0 Å². The second-order valence-corrected chi connectivity index (χ2v) is 4.65. The van der Waals surface area contributed by atoms with Crippen molar-refractivity contribution in [3.63, 3.8) is 0 Å². The van der Waals surface area contributed by atoms with Gasteiger partial charge >= 0.3 is 0 Å². The number of para-hydroxylation sites is 2. The molecule has 5 heteroatoms. The Balaban J connectivity index is 1.74. The number of aromatic nitrogens is 1. The molecule has 0 saturated heterocycles. The summed E-state index contributed by atoms with van der Waals surface area (Å²) < 4.78 is 0. The molecule has 22 heavy (non-hydrogen) atoms. The average molecular weight is 291 g/mol. The van der Waals surface area contributed by atoms with Gasteiger partial charge in [0, 0.05) is 10.9 Å². The van der Waals surface area contributed by atoms with E-state index in [2.05, 4.69) is 15.5 Å². The monoisotopic (exact) mass is 291 g/mol. The third-order valence-electron chi connectivity index (χ3n) is 3.14. The average Bonchev–Trinajstić information content (AvgIpc) is 2.56. The van der Waals surface area contributed by atoms with Gasteiger partial charge < -0.3 is 5.11 Å². The Labute approximate surface area is 126 Å². The maximum Gasteiger partial charge on any atom is 0.289 e. The molecular weight excluding hydrogens is 278 g/mol. The van der Waals surface area contributed by atoms with Gasteiger partial charge in [-0.1, -0.05) is 36.4 Å². The molecule has 1 heterocycles. The fraction of sp³-hybridized carbons (Fsp3) is 0. The zero-order valence-electron chi connectivity index (χ0n) is 11.6. The number of amides is 1. The van der Waals surface area contributed by atoms with Crippen LogP contribution in [0.2, 0.25) is 0 Å². The lowest BCUT2D eigenvalue weighted by atomic mass is 10.2. The van der Waals surface area contributed by atoms with Crippen LogP contribution in [0.15, 0.2) is 65.8 Å². The Kier molecular flexibility index (Phi) is 3.78. The SMILES string of the molecule is O=C(N/N=C/c1ccccc1O)c1ccc2ccccc2n1. The summed E-state index contributed by atoms with van der Waals surface area (Å²) in [4.78, 5) is 16.3. The Hall–Kier alpha value is -3.21. The number of carbonyl (C=O) groups is 1. The van der Waals surface area contributed by atoms with Gasteiger partial charge in [-0.3, -0.25) is 4.79 Å². The zero-order chi connectivity index (χ0) is 15.4. The number of benzene rings is 2. The minimum atomic E-state index is -0.405. The summed E-state index contributed by atoms with van der Waals surface area (Å²) in [6, 6.07) is 17.8. The predicted molar refractivity (Wildman–Crippen MR) is 84.9 cm³/mol. The number of hydrazone groups is 1. The molecule has 0 atom stereocenters. The summed E-state index contributed by atoms with van der Waals surface area (Å²) in [6.07, 6.45) is 1.38. The van der Waals surface area contributed by atoms with Crippen molar-refractivity contribution < 1.29 is 9.90 Å². The third kappa shape index (κ3) is 2.93. The number of carbonyl (C=O) groups excluding carboxylic acids is 1. The molecule has 0 bridgehead atoms. The van der Waals surface area contributed by atoms with E-state index in [0.717, 1.165) is 10.9 Å². The van der Waals surface area contributed by atoms with Crippen LogP contribution in [-0.2, 0) is 0 Å². The number of nitrogens with one attached hydrogen (secondary N) is 1. The summed E-state index contributed by atoms with van der Waals surface area (Å²) in [5.41, 5.74) is 3.95. The molecule has 1 amide bonds. The molecular formula is C17H13N3O2. The summed E-state index contributed by atoms with van der Waals surface area (Å²) >= 11 is 0. The van der Waals surface area contributed by atoms with E-state index in [1.807, 2.05) is 30.3 Å². The maximum atomic E-state index is 12.0. The molecule has 0 unspecified atom stereocenters. The standard InChI is InChI=1S/C17H13N3O2/c21-16-8-4-2-6-13(16)11-18-20-17(22)15-10-9-12-5-1-3-7-14(12)19-15/h1-11,21H,(H,20,22)/b18-11+. The van der Waals surface area contributed by atoms with E-state index in [-0.39, 0.29) is 11.4 Å². The molecule has 0 aliphatic rings. The first-order valence-electron chi connectivity index (χ1n) is 6.71. The van der Waals surface area contributed by atoms with Crippen LogP contribution in [0, 0.1) is 0 Å². The molecule has 0 radical (unpaired) electrons. The van der Waals surface area contributed by atoms with Gasteiger partial charge in [-0.05, 0) is 24.3 Å². The molecule has 2 aromatic carbocycles. The van der Waals surface area contributed by atoms with E-state index >= 15 is 0 Å². The summed E-state index contributed by atoms with van der Waals surface area (Å²) in [6.45, 7) is 0. The Morgan fingerprint density at radius 3 is 2.68 bits per heavy atom. The fourth-order valence-corrected chi connectivity index (χ4v) is 2.01. The molecule has 5 nitrogen and oxygen atoms in total. The molecule has 0 saturated carbocycles. The lowest BCUT2D eigenvalue weighted by Crippen LogP contribution is -2.18. The molecule has 2 N–H and O–H groups in total. The van der Waals surface area contributed by atoms with E-state index in [1.54, 1.807) is 30.3 Å². The van der Waals surface area contributed by atoms with Crippen molar-refractivity contribution in [3.8, 4) is 5.75 Å². The van der Waals surface area contributed by atoms with Crippen LogP contribution in [0.25, 0.3) is 10.9 Å². The van der Waals surface area contributed by atoms with E-state index < -0.39 is 5.91 Å². The Morgan fingerprint density at radius 1 is 1.05 bits per heavy atom. The number of phenols is 1. The Morgan fingerprint density at radius 2 is 1.82 bits per heavy atom. The minimum absolute atomic E-state index is 0.101. The number of aromatic hydroxyl groups is 1. The van der Waals surface area contributed by atoms with Crippen molar-refractivity contribution in [2.45, 2.75) is 0 Å². The first-order valence-corrected chi connectivity index (χ1v) is 6.71. The van der Waals surface area contributed by atoms with Crippen molar-refractivity contribution in [3.05, 3.63) is 71.9 Å². The second kappa shape index (κ2) is 6.05. The van der Waals surface area contributed by atoms with Crippen LogP contribution in [0.1, 0.15) is 16.1 Å². The fourth-order valence-electron chi connectivity index (χ4n) is 2.01. The zero-order valence-corrected chi connectivity index (χ0v) is 11.6. The van der Waals surface area contributed by atoms with Gasteiger partial charge in [-0.25, -0.2) is 10.4 Å². The van der Waals surface area contributed by atoms with Crippen LogP contribution in [-0.4, -0.2) is 22.2 Å². The van der Waals surface area contributed by atoms with E-state index in [9.17, 15) is 9.90 Å². The van der Waals surface area contributed by atoms with Crippen LogP contribution in [0.5, 0.6) is 5.75 Å². The van der Waals surface area contributed by atoms with Gasteiger partial charge in [0.25, 0.3) is 5.91 Å². The molecule has 0 spiro atoms. The summed E-state index contributed by atoms with van der Waals surface area (Å²) in [5, 5.41) is 14.4. The van der Waals surface area contributed by atoms with Gasteiger partial charge in [-0.15, -0.1) is 0 Å².